The van der Waals surface area contributed by atoms with Crippen LogP contribution in [0, 0.1) is 6.92 Å². The Morgan fingerprint density at radius 2 is 1.90 bits per heavy atom. The Bertz CT molecular complexity index is 1080. The van der Waals surface area contributed by atoms with Crippen LogP contribution in [0.2, 0.25) is 0 Å². The average Bonchev–Trinajstić information content (AvgIpc) is 2.73. The summed E-state index contributed by atoms with van der Waals surface area (Å²) in [4.78, 5) is 33.5. The van der Waals surface area contributed by atoms with E-state index in [1.54, 1.807) is 43.3 Å². The summed E-state index contributed by atoms with van der Waals surface area (Å²) in [5.74, 6) is -0.613. The van der Waals surface area contributed by atoms with Gasteiger partial charge in [0, 0.05) is 19.3 Å². The zero-order chi connectivity index (χ0) is 22.9. The Hall–Kier alpha value is -3.38. The summed E-state index contributed by atoms with van der Waals surface area (Å²) in [5, 5.41) is 2.59. The number of pyridine rings is 1. The number of amides is 1. The summed E-state index contributed by atoms with van der Waals surface area (Å²) in [6.45, 7) is 1.66. The van der Waals surface area contributed by atoms with E-state index in [-0.39, 0.29) is 37.1 Å². The number of nitrogens with zero attached hydrogens (tertiary/aromatic N) is 2. The second-order valence-corrected chi connectivity index (χ2v) is 8.26. The number of nitrogens with two attached hydrogens (primary N) is 1. The first-order valence-corrected chi connectivity index (χ1v) is 11.0. The zero-order valence-electron chi connectivity index (χ0n) is 17.3. The molecule has 0 saturated heterocycles. The van der Waals surface area contributed by atoms with Crippen molar-refractivity contribution in [3.8, 4) is 0 Å². The molecule has 0 aliphatic heterocycles. The first-order valence-electron chi connectivity index (χ1n) is 9.33. The average molecular weight is 451 g/mol. The lowest BCUT2D eigenvalue weighted by Gasteiger charge is -2.14. The highest BCUT2D eigenvalue weighted by Crippen LogP contribution is 2.10. The Balaban J connectivity index is 2.00. The van der Waals surface area contributed by atoms with E-state index < -0.39 is 21.5 Å². The predicted octanol–water partition coefficient (Wildman–Crippen LogP) is -0.319. The molecule has 0 aliphatic rings. The molecule has 2 aromatic rings. The first kappa shape index (κ1) is 23.9. The lowest BCUT2D eigenvalue weighted by molar-refractivity contribution is -0.122. The number of hydroxylamine groups is 1. The molecule has 1 aromatic heterocycles. The molecular weight excluding hydrogens is 424 g/mol. The second kappa shape index (κ2) is 11.1. The SMILES string of the molecule is CN=C(N)NOCCNC(=O)Cn1c(C)ccc(NS(=O)(=O)Cc2ccccc2)c1=O. The van der Waals surface area contributed by atoms with Crippen molar-refractivity contribution in [3.63, 3.8) is 0 Å². The van der Waals surface area contributed by atoms with Gasteiger partial charge < -0.3 is 15.6 Å². The Morgan fingerprint density at radius 1 is 1.19 bits per heavy atom. The number of benzene rings is 1. The van der Waals surface area contributed by atoms with Crippen LogP contribution < -0.4 is 26.8 Å². The molecule has 0 saturated carbocycles. The molecule has 0 radical (unpaired) electrons. The normalized spacial score (nSPS) is 11.7. The van der Waals surface area contributed by atoms with E-state index in [4.69, 9.17) is 10.6 Å². The number of hydrogen-bond donors (Lipinski definition) is 4. The van der Waals surface area contributed by atoms with E-state index in [1.165, 1.54) is 17.7 Å². The topological polar surface area (TPSA) is 157 Å². The molecule has 0 aliphatic carbocycles. The van der Waals surface area contributed by atoms with E-state index >= 15 is 0 Å². The fourth-order valence-corrected chi connectivity index (χ4v) is 3.75. The van der Waals surface area contributed by atoms with Gasteiger partial charge in [-0.3, -0.25) is 24.1 Å². The molecule has 0 unspecified atom stereocenters. The van der Waals surface area contributed by atoms with Crippen molar-refractivity contribution in [2.45, 2.75) is 19.2 Å². The van der Waals surface area contributed by atoms with Gasteiger partial charge in [-0.2, -0.15) is 0 Å². The van der Waals surface area contributed by atoms with Gasteiger partial charge >= 0.3 is 0 Å². The third kappa shape index (κ3) is 7.75. The molecule has 0 atom stereocenters. The lowest BCUT2D eigenvalue weighted by atomic mass is 10.2. The molecule has 0 bridgehead atoms. The fourth-order valence-electron chi connectivity index (χ4n) is 2.55. The number of aromatic nitrogens is 1. The van der Waals surface area contributed by atoms with Crippen LogP contribution in [0.1, 0.15) is 11.3 Å². The van der Waals surface area contributed by atoms with Crippen LogP contribution in [0.3, 0.4) is 0 Å². The lowest BCUT2D eigenvalue weighted by Crippen LogP contribution is -2.38. The molecule has 31 heavy (non-hydrogen) atoms. The van der Waals surface area contributed by atoms with E-state index in [0.717, 1.165) is 0 Å². The number of guanidine groups is 1. The molecule has 1 amide bonds. The maximum absolute atomic E-state index is 12.7. The van der Waals surface area contributed by atoms with E-state index in [0.29, 0.717) is 11.3 Å². The number of rotatable bonds is 10. The van der Waals surface area contributed by atoms with Gasteiger partial charge in [-0.15, -0.1) is 0 Å². The maximum atomic E-state index is 12.7. The monoisotopic (exact) mass is 450 g/mol. The van der Waals surface area contributed by atoms with Crippen LogP contribution in [0.15, 0.2) is 52.3 Å². The highest BCUT2D eigenvalue weighted by molar-refractivity contribution is 7.91. The number of carbonyl (C=O) groups is 1. The molecular formula is C19H26N6O5S. The van der Waals surface area contributed by atoms with E-state index in [2.05, 4.69) is 20.5 Å². The number of nitrogens with one attached hydrogen (secondary N) is 3. The van der Waals surface area contributed by atoms with Crippen molar-refractivity contribution in [2.24, 2.45) is 10.7 Å². The smallest absolute Gasteiger partial charge is 0.275 e. The molecule has 12 heteroatoms. The molecule has 0 fully saturated rings. The van der Waals surface area contributed by atoms with Gasteiger partial charge in [-0.05, 0) is 24.6 Å². The number of hydrogen-bond acceptors (Lipinski definition) is 6. The van der Waals surface area contributed by atoms with Crippen molar-refractivity contribution in [1.29, 1.82) is 0 Å². The number of aryl methyl sites for hydroxylation is 1. The minimum atomic E-state index is -3.81. The summed E-state index contributed by atoms with van der Waals surface area (Å²) in [6, 6.07) is 11.6. The molecule has 1 aromatic carbocycles. The Kier molecular flexibility index (Phi) is 8.58. The van der Waals surface area contributed by atoms with Gasteiger partial charge in [0.15, 0.2) is 0 Å². The van der Waals surface area contributed by atoms with Gasteiger partial charge in [-0.25, -0.2) is 13.9 Å². The maximum Gasteiger partial charge on any atom is 0.275 e. The van der Waals surface area contributed by atoms with Crippen molar-refractivity contribution in [3.05, 3.63) is 64.1 Å². The van der Waals surface area contributed by atoms with Crippen LogP contribution >= 0.6 is 0 Å². The van der Waals surface area contributed by atoms with Crippen molar-refractivity contribution in [1.82, 2.24) is 15.4 Å². The highest BCUT2D eigenvalue weighted by atomic mass is 32.2. The largest absolute Gasteiger partial charge is 0.368 e. The second-order valence-electron chi connectivity index (χ2n) is 6.54. The van der Waals surface area contributed by atoms with Gasteiger partial charge in [0.25, 0.3) is 5.56 Å². The molecule has 5 N–H and O–H groups in total. The van der Waals surface area contributed by atoms with Gasteiger partial charge in [0.1, 0.15) is 12.2 Å². The van der Waals surface area contributed by atoms with Crippen LogP contribution in [-0.2, 0) is 32.0 Å². The number of anilines is 1. The molecule has 0 spiro atoms. The van der Waals surface area contributed by atoms with Crippen LogP contribution in [0.25, 0.3) is 0 Å². The zero-order valence-corrected chi connectivity index (χ0v) is 18.1. The number of sulfonamides is 1. The third-order valence-electron chi connectivity index (χ3n) is 4.10. The summed E-state index contributed by atoms with van der Waals surface area (Å²) < 4.78 is 28.4. The number of aliphatic imine (C=N–C) groups is 1. The minimum absolute atomic E-state index is 0.0973. The summed E-state index contributed by atoms with van der Waals surface area (Å²) in [6.07, 6.45) is 0. The molecule has 11 nitrogen and oxygen atoms in total. The van der Waals surface area contributed by atoms with Crippen molar-refractivity contribution >= 4 is 27.6 Å². The fraction of sp³-hybridized carbons (Fsp3) is 0.316. The molecule has 1 heterocycles. The quantitative estimate of drug-likeness (QED) is 0.167. The minimum Gasteiger partial charge on any atom is -0.368 e. The predicted molar refractivity (Wildman–Crippen MR) is 118 cm³/mol. The Labute approximate surface area is 180 Å². The molecule has 168 valence electrons. The highest BCUT2D eigenvalue weighted by Gasteiger charge is 2.16. The van der Waals surface area contributed by atoms with Gasteiger partial charge in [0.05, 0.1) is 12.4 Å². The number of carbonyl (C=O) groups excluding carboxylic acids is 1. The van der Waals surface area contributed by atoms with Crippen molar-refractivity contribution < 1.29 is 18.0 Å². The van der Waals surface area contributed by atoms with E-state index in [9.17, 15) is 18.0 Å². The molecule has 2 rings (SSSR count). The Morgan fingerprint density at radius 3 is 2.58 bits per heavy atom. The van der Waals surface area contributed by atoms with Crippen molar-refractivity contribution in [2.75, 3.05) is 24.9 Å². The van der Waals surface area contributed by atoms with Crippen LogP contribution in [-0.4, -0.2) is 45.1 Å². The summed E-state index contributed by atoms with van der Waals surface area (Å²) >= 11 is 0. The summed E-state index contributed by atoms with van der Waals surface area (Å²) in [7, 11) is -2.32. The standard InChI is InChI=1S/C19H26N6O5S/c1-14-8-9-16(24-31(28,29)13-15-6-4-3-5-7-15)18(27)25(14)12-17(26)22-10-11-30-23-19(20)21-2/h3-9,24H,10-13H2,1-2H3,(H,22,26)(H3,20,21,23). The first-order chi connectivity index (χ1) is 14.7. The van der Waals surface area contributed by atoms with Crippen LogP contribution in [0.4, 0.5) is 5.69 Å². The van der Waals surface area contributed by atoms with E-state index in [1.807, 2.05) is 0 Å². The third-order valence-corrected chi connectivity index (χ3v) is 5.35. The summed E-state index contributed by atoms with van der Waals surface area (Å²) in [5.41, 5.74) is 8.12. The van der Waals surface area contributed by atoms with Crippen LogP contribution in [0.5, 0.6) is 0 Å². The van der Waals surface area contributed by atoms with Gasteiger partial charge in [-0.1, -0.05) is 30.3 Å². The van der Waals surface area contributed by atoms with Gasteiger partial charge in [0.2, 0.25) is 21.9 Å².